The Balaban J connectivity index is 2.53. The highest BCUT2D eigenvalue weighted by molar-refractivity contribution is 6.29. The molecule has 2 aromatic rings. The molecule has 1 N–H and O–H groups in total. The molecule has 0 bridgehead atoms. The molecule has 0 spiro atoms. The van der Waals surface area contributed by atoms with Gasteiger partial charge in [0.15, 0.2) is 17.3 Å². The second-order valence-corrected chi connectivity index (χ2v) is 3.50. The summed E-state index contributed by atoms with van der Waals surface area (Å²) in [6.45, 7) is 1.77. The summed E-state index contributed by atoms with van der Waals surface area (Å²) in [7, 11) is 0. The quantitative estimate of drug-likeness (QED) is 0.813. The Hall–Kier alpha value is -1.88. The lowest BCUT2D eigenvalue weighted by Crippen LogP contribution is -2.02. The first-order chi connectivity index (χ1) is 7.56. The lowest BCUT2D eigenvalue weighted by molar-refractivity contribution is 0.0690. The van der Waals surface area contributed by atoms with Crippen molar-refractivity contribution >= 4 is 17.6 Å². The van der Waals surface area contributed by atoms with Crippen LogP contribution in [0.1, 0.15) is 16.2 Å². The number of nitrogens with zero attached hydrogens (tertiary/aromatic N) is 2. The molecular weight excluding hydrogens is 232 g/mol. The molecule has 0 fully saturated rings. The Morgan fingerprint density at radius 1 is 1.44 bits per heavy atom. The molecule has 0 saturated heterocycles. The largest absolute Gasteiger partial charge is 0.477 e. The van der Waals surface area contributed by atoms with E-state index in [1.165, 1.54) is 6.07 Å². The highest BCUT2D eigenvalue weighted by Crippen LogP contribution is 2.20. The maximum atomic E-state index is 10.8. The molecule has 0 aromatic carbocycles. The van der Waals surface area contributed by atoms with E-state index in [9.17, 15) is 4.79 Å². The second-order valence-electron chi connectivity index (χ2n) is 3.11. The summed E-state index contributed by atoms with van der Waals surface area (Å²) in [5.74, 6) is 0.0878. The molecule has 0 saturated carbocycles. The predicted molar refractivity (Wildman–Crippen MR) is 56.4 cm³/mol. The van der Waals surface area contributed by atoms with Gasteiger partial charge in [-0.25, -0.2) is 14.8 Å². The van der Waals surface area contributed by atoms with E-state index in [-0.39, 0.29) is 16.7 Å². The Morgan fingerprint density at radius 3 is 2.75 bits per heavy atom. The second kappa shape index (κ2) is 3.94. The zero-order valence-corrected chi connectivity index (χ0v) is 9.02. The van der Waals surface area contributed by atoms with Gasteiger partial charge in [-0.15, -0.1) is 0 Å². The average molecular weight is 239 g/mol. The molecule has 5 nitrogen and oxygen atoms in total. The van der Waals surface area contributed by atoms with Crippen LogP contribution in [0, 0.1) is 6.92 Å². The molecule has 2 heterocycles. The van der Waals surface area contributed by atoms with Crippen molar-refractivity contribution in [2.45, 2.75) is 6.92 Å². The van der Waals surface area contributed by atoms with E-state index in [4.69, 9.17) is 21.1 Å². The molecular formula is C10H7ClN2O3. The zero-order chi connectivity index (χ0) is 11.7. The monoisotopic (exact) mass is 238 g/mol. The third kappa shape index (κ3) is 2.04. The number of aromatic nitrogens is 2. The van der Waals surface area contributed by atoms with Crippen molar-refractivity contribution < 1.29 is 14.3 Å². The van der Waals surface area contributed by atoms with Crippen molar-refractivity contribution in [1.29, 1.82) is 0 Å². The molecule has 82 valence electrons. The number of hydrogen-bond acceptors (Lipinski definition) is 4. The minimum atomic E-state index is -1.16. The van der Waals surface area contributed by atoms with E-state index in [0.717, 1.165) is 0 Å². The molecule has 2 aromatic heterocycles. The lowest BCUT2D eigenvalue weighted by Gasteiger charge is -1.99. The van der Waals surface area contributed by atoms with Crippen molar-refractivity contribution in [2.24, 2.45) is 0 Å². The first-order valence-corrected chi connectivity index (χ1v) is 4.79. The van der Waals surface area contributed by atoms with Crippen LogP contribution >= 0.6 is 11.6 Å². The normalized spacial score (nSPS) is 10.4. The van der Waals surface area contributed by atoms with Gasteiger partial charge in [0.2, 0.25) is 0 Å². The summed E-state index contributed by atoms with van der Waals surface area (Å²) in [6.07, 6.45) is 0. The molecule has 16 heavy (non-hydrogen) atoms. The van der Waals surface area contributed by atoms with Crippen LogP contribution in [0.2, 0.25) is 5.15 Å². The summed E-state index contributed by atoms with van der Waals surface area (Å²) in [6, 6.07) is 4.58. The average Bonchev–Trinajstić information content (AvgIpc) is 2.64. The van der Waals surface area contributed by atoms with Crippen molar-refractivity contribution in [3.05, 3.63) is 34.8 Å². The minimum absolute atomic E-state index is 0.0662. The van der Waals surface area contributed by atoms with Crippen LogP contribution in [-0.2, 0) is 0 Å². The topological polar surface area (TPSA) is 76.2 Å². The van der Waals surface area contributed by atoms with Gasteiger partial charge >= 0.3 is 5.97 Å². The maximum absolute atomic E-state index is 10.8. The van der Waals surface area contributed by atoms with Crippen molar-refractivity contribution in [3.63, 3.8) is 0 Å². The number of aromatic carboxylic acids is 1. The fraction of sp³-hybridized carbons (Fsp3) is 0.100. The minimum Gasteiger partial charge on any atom is -0.477 e. The number of hydrogen-bond donors (Lipinski definition) is 1. The highest BCUT2D eigenvalue weighted by Gasteiger charge is 2.12. The standard InChI is InChI=1S/C10H7ClN2O3/c1-5-2-3-7(16-5)9-12-6(10(14)15)4-8(11)13-9/h2-4H,1H3,(H,14,15). The van der Waals surface area contributed by atoms with E-state index in [1.54, 1.807) is 19.1 Å². The molecule has 0 aliphatic heterocycles. The number of carboxylic acids is 1. The molecule has 6 heteroatoms. The Kier molecular flexibility index (Phi) is 2.62. The van der Waals surface area contributed by atoms with Crippen LogP contribution in [0.4, 0.5) is 0 Å². The Bertz CT molecular complexity index is 551. The van der Waals surface area contributed by atoms with Gasteiger partial charge in [-0.2, -0.15) is 0 Å². The van der Waals surface area contributed by atoms with Crippen molar-refractivity contribution in [1.82, 2.24) is 9.97 Å². The fourth-order valence-electron chi connectivity index (χ4n) is 1.19. The first kappa shape index (κ1) is 10.6. The van der Waals surface area contributed by atoms with Gasteiger partial charge in [0.25, 0.3) is 0 Å². The predicted octanol–water partition coefficient (Wildman–Crippen LogP) is 2.40. The summed E-state index contributed by atoms with van der Waals surface area (Å²) in [5, 5.41) is 8.87. The number of furan rings is 1. The molecule has 0 amide bonds. The SMILES string of the molecule is Cc1ccc(-c2nc(Cl)cc(C(=O)O)n2)o1. The van der Waals surface area contributed by atoms with Gasteiger partial charge in [-0.1, -0.05) is 11.6 Å². The molecule has 0 atom stereocenters. The third-order valence-electron chi connectivity index (χ3n) is 1.87. The maximum Gasteiger partial charge on any atom is 0.354 e. The van der Waals surface area contributed by atoms with E-state index in [2.05, 4.69) is 9.97 Å². The van der Waals surface area contributed by atoms with Crippen LogP contribution in [0.15, 0.2) is 22.6 Å². The van der Waals surface area contributed by atoms with Gasteiger partial charge in [0, 0.05) is 6.07 Å². The van der Waals surface area contributed by atoms with E-state index in [0.29, 0.717) is 11.5 Å². The molecule has 0 radical (unpaired) electrons. The molecule has 2 rings (SSSR count). The fourth-order valence-corrected chi connectivity index (χ4v) is 1.38. The number of carboxylic acid groups (broad SMARTS) is 1. The van der Waals surface area contributed by atoms with Gasteiger partial charge in [-0.3, -0.25) is 0 Å². The summed E-state index contributed by atoms with van der Waals surface area (Å²) >= 11 is 5.69. The first-order valence-electron chi connectivity index (χ1n) is 4.41. The van der Waals surface area contributed by atoms with Crippen LogP contribution in [0.5, 0.6) is 0 Å². The van der Waals surface area contributed by atoms with E-state index >= 15 is 0 Å². The van der Waals surface area contributed by atoms with E-state index in [1.807, 2.05) is 0 Å². The third-order valence-corrected chi connectivity index (χ3v) is 2.07. The number of aryl methyl sites for hydroxylation is 1. The molecule has 0 aliphatic carbocycles. The number of carbonyl (C=O) groups is 1. The Morgan fingerprint density at radius 2 is 2.19 bits per heavy atom. The number of halogens is 1. The van der Waals surface area contributed by atoms with Gasteiger partial charge in [0.05, 0.1) is 0 Å². The lowest BCUT2D eigenvalue weighted by atomic mass is 10.3. The van der Waals surface area contributed by atoms with Crippen LogP contribution in [0.25, 0.3) is 11.6 Å². The molecule has 0 unspecified atom stereocenters. The van der Waals surface area contributed by atoms with Gasteiger partial charge in [0.1, 0.15) is 10.9 Å². The summed E-state index contributed by atoms with van der Waals surface area (Å²) in [5.41, 5.74) is -0.163. The smallest absolute Gasteiger partial charge is 0.354 e. The van der Waals surface area contributed by atoms with E-state index < -0.39 is 5.97 Å². The Labute approximate surface area is 95.7 Å². The van der Waals surface area contributed by atoms with Crippen LogP contribution in [-0.4, -0.2) is 21.0 Å². The highest BCUT2D eigenvalue weighted by atomic mass is 35.5. The number of rotatable bonds is 2. The van der Waals surface area contributed by atoms with Crippen molar-refractivity contribution in [2.75, 3.05) is 0 Å². The summed E-state index contributed by atoms with van der Waals surface area (Å²) < 4.78 is 5.28. The summed E-state index contributed by atoms with van der Waals surface area (Å²) in [4.78, 5) is 18.5. The van der Waals surface area contributed by atoms with Crippen LogP contribution in [0.3, 0.4) is 0 Å². The van der Waals surface area contributed by atoms with Crippen molar-refractivity contribution in [3.8, 4) is 11.6 Å². The van der Waals surface area contributed by atoms with Crippen LogP contribution < -0.4 is 0 Å². The zero-order valence-electron chi connectivity index (χ0n) is 8.27. The van der Waals surface area contributed by atoms with Gasteiger partial charge in [-0.05, 0) is 19.1 Å². The molecule has 0 aliphatic rings. The van der Waals surface area contributed by atoms with Gasteiger partial charge < -0.3 is 9.52 Å².